The Hall–Kier alpha value is -3.91. The zero-order chi connectivity index (χ0) is 24.8. The summed E-state index contributed by atoms with van der Waals surface area (Å²) in [5, 5.41) is 28.2. The number of benzene rings is 4. The van der Waals surface area contributed by atoms with E-state index in [2.05, 4.69) is 10.2 Å². The van der Waals surface area contributed by atoms with Crippen LogP contribution in [0.2, 0.25) is 0 Å². The van der Waals surface area contributed by atoms with Gasteiger partial charge in [0, 0.05) is 10.8 Å². The number of fused-ring (bicyclic) bond motifs is 2. The molecule has 4 N–H and O–H groups in total. The predicted octanol–water partition coefficient (Wildman–Crippen LogP) is 4.31. The van der Waals surface area contributed by atoms with E-state index in [-0.39, 0.29) is 16.5 Å². The van der Waals surface area contributed by atoms with E-state index in [1.807, 2.05) is 0 Å². The first-order valence-electron chi connectivity index (χ1n) is 9.29. The van der Waals surface area contributed by atoms with Crippen molar-refractivity contribution in [1.29, 1.82) is 0 Å². The maximum absolute atomic E-state index is 12.2. The molecular formula is C21H14N2O9S2. The lowest BCUT2D eigenvalue weighted by Gasteiger charge is -2.10. The van der Waals surface area contributed by atoms with E-state index in [1.165, 1.54) is 30.3 Å². The largest absolute Gasteiger partial charge is 0.505 e. The van der Waals surface area contributed by atoms with Crippen molar-refractivity contribution in [3.63, 3.8) is 0 Å². The highest BCUT2D eigenvalue weighted by atomic mass is 32.2. The summed E-state index contributed by atoms with van der Waals surface area (Å²) in [6, 6.07) is 13.3. The number of phenols is 1. The van der Waals surface area contributed by atoms with Crippen LogP contribution in [0.4, 0.5) is 11.4 Å². The second kappa shape index (κ2) is 8.14. The van der Waals surface area contributed by atoms with Gasteiger partial charge in [0.1, 0.15) is 21.8 Å². The number of rotatable bonds is 5. The Balaban J connectivity index is 2.01. The third-order valence-corrected chi connectivity index (χ3v) is 6.76. The minimum Gasteiger partial charge on any atom is -0.505 e. The van der Waals surface area contributed by atoms with Gasteiger partial charge in [-0.15, -0.1) is 10.2 Å². The quantitative estimate of drug-likeness (QED) is 0.227. The molecule has 4 rings (SSSR count). The second-order valence-electron chi connectivity index (χ2n) is 7.09. The Morgan fingerprint density at radius 3 is 2.09 bits per heavy atom. The number of aromatic hydroxyl groups is 1. The van der Waals surface area contributed by atoms with E-state index in [0.29, 0.717) is 10.8 Å². The van der Waals surface area contributed by atoms with Gasteiger partial charge in [-0.2, -0.15) is 16.8 Å². The Morgan fingerprint density at radius 1 is 0.765 bits per heavy atom. The fourth-order valence-corrected chi connectivity index (χ4v) is 4.79. The van der Waals surface area contributed by atoms with Crippen molar-refractivity contribution >= 4 is 59.1 Å². The Morgan fingerprint density at radius 2 is 1.44 bits per heavy atom. The Bertz CT molecular complexity index is 1750. The molecule has 0 aliphatic heterocycles. The average molecular weight is 502 g/mol. The average Bonchev–Trinajstić information content (AvgIpc) is 2.75. The van der Waals surface area contributed by atoms with E-state index in [1.54, 1.807) is 18.2 Å². The number of carboxylic acid groups (broad SMARTS) is 1. The van der Waals surface area contributed by atoms with Gasteiger partial charge in [-0.05, 0) is 35.0 Å². The van der Waals surface area contributed by atoms with Crippen molar-refractivity contribution in [1.82, 2.24) is 0 Å². The fraction of sp³-hybridized carbons (Fsp3) is 0. The first-order chi connectivity index (χ1) is 15.9. The lowest BCUT2D eigenvalue weighted by Crippen LogP contribution is -2.02. The lowest BCUT2D eigenvalue weighted by atomic mass is 10.0. The molecule has 174 valence electrons. The van der Waals surface area contributed by atoms with Crippen molar-refractivity contribution < 1.29 is 40.9 Å². The summed E-state index contributed by atoms with van der Waals surface area (Å²) in [5.74, 6) is -2.14. The Kier molecular flexibility index (Phi) is 5.57. The first kappa shape index (κ1) is 23.3. The molecule has 0 aromatic heterocycles. The van der Waals surface area contributed by atoms with Crippen LogP contribution in [-0.2, 0) is 20.2 Å². The summed E-state index contributed by atoms with van der Waals surface area (Å²) in [6.07, 6.45) is 0. The molecule has 4 aromatic rings. The van der Waals surface area contributed by atoms with Crippen molar-refractivity contribution in [2.45, 2.75) is 9.79 Å². The molecule has 13 heteroatoms. The minimum absolute atomic E-state index is 0.208. The molecule has 0 saturated carbocycles. The van der Waals surface area contributed by atoms with Crippen molar-refractivity contribution in [2.24, 2.45) is 10.2 Å². The fourth-order valence-electron chi connectivity index (χ4n) is 3.46. The van der Waals surface area contributed by atoms with E-state index < -0.39 is 53.0 Å². The molecule has 0 radical (unpaired) electrons. The number of nitrogens with zero attached hydrogens (tertiary/aromatic N) is 2. The zero-order valence-corrected chi connectivity index (χ0v) is 18.4. The molecule has 0 bridgehead atoms. The van der Waals surface area contributed by atoms with E-state index in [4.69, 9.17) is 0 Å². The van der Waals surface area contributed by atoms with E-state index in [0.717, 1.165) is 12.1 Å². The highest BCUT2D eigenvalue weighted by Gasteiger charge is 2.23. The summed E-state index contributed by atoms with van der Waals surface area (Å²) >= 11 is 0. The van der Waals surface area contributed by atoms with Crippen molar-refractivity contribution in [3.8, 4) is 5.75 Å². The van der Waals surface area contributed by atoms with Gasteiger partial charge >= 0.3 is 5.97 Å². The van der Waals surface area contributed by atoms with Gasteiger partial charge in [0.05, 0.1) is 4.90 Å². The number of aromatic carboxylic acids is 1. The minimum atomic E-state index is -4.99. The van der Waals surface area contributed by atoms with Crippen LogP contribution in [0.1, 0.15) is 10.4 Å². The van der Waals surface area contributed by atoms with Crippen LogP contribution >= 0.6 is 0 Å². The molecule has 34 heavy (non-hydrogen) atoms. The predicted molar refractivity (Wildman–Crippen MR) is 120 cm³/mol. The van der Waals surface area contributed by atoms with Crippen molar-refractivity contribution in [3.05, 3.63) is 66.2 Å². The number of azo groups is 1. The summed E-state index contributed by atoms with van der Waals surface area (Å²) in [4.78, 5) is 10.1. The normalized spacial score (nSPS) is 12.5. The molecular weight excluding hydrogens is 488 g/mol. The molecule has 0 amide bonds. The SMILES string of the molecule is O=C(O)c1cc2ccccc2c(N=Nc2ccc3ccc(S(=O)(=O)O)cc3c2S(=O)(=O)O)c1O. The standard InChI is InChI=1S/C21H14N2O9S2/c24-19-16(21(25)26)9-12-3-1-2-4-14(12)18(19)23-22-17-8-6-11-5-7-13(33(27,28)29)10-15(11)20(17)34(30,31)32/h1-10,24H,(H,25,26)(H,27,28,29)(H,30,31,32). The monoisotopic (exact) mass is 502 g/mol. The third-order valence-electron chi connectivity index (χ3n) is 4.96. The lowest BCUT2D eigenvalue weighted by molar-refractivity contribution is 0.0694. The van der Waals surface area contributed by atoms with E-state index >= 15 is 0 Å². The highest BCUT2D eigenvalue weighted by Crippen LogP contribution is 2.41. The van der Waals surface area contributed by atoms with Gasteiger partial charge in [0.15, 0.2) is 5.75 Å². The number of carbonyl (C=O) groups is 1. The van der Waals surface area contributed by atoms with Crippen LogP contribution in [0.15, 0.2) is 80.7 Å². The molecule has 4 aromatic carbocycles. The maximum Gasteiger partial charge on any atom is 0.339 e. The van der Waals surface area contributed by atoms with Gasteiger partial charge in [0.25, 0.3) is 20.2 Å². The summed E-state index contributed by atoms with van der Waals surface area (Å²) in [5.41, 5.74) is -1.14. The molecule has 0 spiro atoms. The summed E-state index contributed by atoms with van der Waals surface area (Å²) < 4.78 is 66.5. The third kappa shape index (κ3) is 4.20. The van der Waals surface area contributed by atoms with Gasteiger partial charge < -0.3 is 10.2 Å². The molecule has 0 saturated heterocycles. The maximum atomic E-state index is 12.2. The second-order valence-corrected chi connectivity index (χ2v) is 9.87. The Labute approximate surface area is 192 Å². The van der Waals surface area contributed by atoms with Gasteiger partial charge in [0.2, 0.25) is 0 Å². The molecule has 0 aliphatic rings. The molecule has 0 atom stereocenters. The topological polar surface area (TPSA) is 191 Å². The van der Waals surface area contributed by atoms with Crippen LogP contribution in [0.5, 0.6) is 5.75 Å². The zero-order valence-electron chi connectivity index (χ0n) is 16.8. The van der Waals surface area contributed by atoms with Crippen molar-refractivity contribution in [2.75, 3.05) is 0 Å². The van der Waals surface area contributed by atoms with Crippen LogP contribution in [0.25, 0.3) is 21.5 Å². The number of carboxylic acids is 1. The summed E-state index contributed by atoms with van der Waals surface area (Å²) in [6.45, 7) is 0. The molecule has 11 nitrogen and oxygen atoms in total. The summed E-state index contributed by atoms with van der Waals surface area (Å²) in [7, 11) is -9.67. The smallest absolute Gasteiger partial charge is 0.339 e. The molecule has 0 aliphatic carbocycles. The van der Waals surface area contributed by atoms with Gasteiger partial charge in [-0.25, -0.2) is 4.79 Å². The molecule has 0 unspecified atom stereocenters. The highest BCUT2D eigenvalue weighted by molar-refractivity contribution is 7.86. The van der Waals surface area contributed by atoms with Crippen LogP contribution in [0, 0.1) is 0 Å². The van der Waals surface area contributed by atoms with Gasteiger partial charge in [-0.1, -0.05) is 36.4 Å². The molecule has 0 heterocycles. The van der Waals surface area contributed by atoms with Crippen LogP contribution in [0.3, 0.4) is 0 Å². The van der Waals surface area contributed by atoms with Crippen LogP contribution in [-0.4, -0.2) is 42.1 Å². The molecule has 0 fully saturated rings. The number of hydrogen-bond donors (Lipinski definition) is 4. The van der Waals surface area contributed by atoms with Crippen LogP contribution < -0.4 is 0 Å². The first-order valence-corrected chi connectivity index (χ1v) is 12.2. The van der Waals surface area contributed by atoms with E-state index in [9.17, 15) is 40.9 Å². The van der Waals surface area contributed by atoms with Gasteiger partial charge in [-0.3, -0.25) is 9.11 Å². The number of hydrogen-bond acceptors (Lipinski definition) is 8.